The lowest BCUT2D eigenvalue weighted by Gasteiger charge is -2.08. The van der Waals surface area contributed by atoms with Crippen LogP contribution in [0.25, 0.3) is 20.2 Å². The number of rotatable bonds is 5. The molecule has 2 aliphatic rings. The van der Waals surface area contributed by atoms with Gasteiger partial charge in [-0.15, -0.1) is 22.7 Å². The number of nitrogens with zero attached hydrogens (tertiary/aromatic N) is 1. The molecule has 2 aromatic heterocycles. The van der Waals surface area contributed by atoms with Gasteiger partial charge in [-0.25, -0.2) is 13.6 Å². The van der Waals surface area contributed by atoms with Gasteiger partial charge in [-0.05, 0) is 59.3 Å². The molecule has 51 heavy (non-hydrogen) atoms. The molecule has 6 aromatic rings. The molecule has 2 aliphatic heterocycles. The first-order valence-corrected chi connectivity index (χ1v) is 20.3. The van der Waals surface area contributed by atoms with Crippen molar-refractivity contribution in [2.75, 3.05) is 26.4 Å². The van der Waals surface area contributed by atoms with Crippen molar-refractivity contribution < 1.29 is 40.6 Å². The molecular weight excluding hydrogens is 733 g/mol. The Morgan fingerprint density at radius 1 is 0.588 bits per heavy atom. The van der Waals surface area contributed by atoms with Gasteiger partial charge >= 0.3 is 0 Å². The van der Waals surface area contributed by atoms with E-state index in [2.05, 4.69) is 4.40 Å². The lowest BCUT2D eigenvalue weighted by Crippen LogP contribution is -2.12. The lowest BCUT2D eigenvalue weighted by molar-refractivity contribution is 0.112. The van der Waals surface area contributed by atoms with Crippen molar-refractivity contribution in [1.29, 1.82) is 0 Å². The summed E-state index contributed by atoms with van der Waals surface area (Å²) in [6, 6.07) is 28.6. The topological polar surface area (TPSA) is 161 Å². The van der Waals surface area contributed by atoms with E-state index in [1.54, 1.807) is 12.1 Å². The van der Waals surface area contributed by atoms with Crippen molar-refractivity contribution in [3.63, 3.8) is 0 Å². The number of nitrogens with two attached hydrogens (primary N) is 1. The summed E-state index contributed by atoms with van der Waals surface area (Å²) in [7, 11) is -7.48. The fourth-order valence-electron chi connectivity index (χ4n) is 4.93. The summed E-state index contributed by atoms with van der Waals surface area (Å²) in [5.74, 6) is 1.99. The molecule has 8 rings (SSSR count). The van der Waals surface area contributed by atoms with Crippen molar-refractivity contribution in [3.05, 3.63) is 107 Å². The minimum Gasteiger partial charge on any atom is -0.490 e. The predicted molar refractivity (Wildman–Crippen MR) is 199 cm³/mol. The molecule has 0 fully saturated rings. The summed E-state index contributed by atoms with van der Waals surface area (Å²) in [4.78, 5) is 12.1. The number of carbonyl (C=O) groups is 1. The second kappa shape index (κ2) is 16.0. The molecule has 0 saturated carbocycles. The third-order valence-electron chi connectivity index (χ3n) is 7.39. The standard InChI is InChI=1S/C18H15NO4S2.C9H11NO4S.C9H6OS/c20-25(21,15-6-7-16-17(11-15)23-9-3-8-22-16)19-12-14-10-13-4-1-2-5-18(13)24-14;10-15(11,12)7-2-3-8-9(6-7)14-5-1-4-13-8;10-6-8-5-7-3-1-2-4-9(7)11-8/h1-2,4-7,10-12H,3,8-9H2;2-3,6H,1,4-5H2,(H2,10,11,12);1-6H. The molecule has 0 atom stereocenters. The Kier molecular flexibility index (Phi) is 11.3. The van der Waals surface area contributed by atoms with Crippen LogP contribution in [0.4, 0.5) is 0 Å². The molecule has 15 heteroatoms. The first-order valence-electron chi connectivity index (χ1n) is 15.6. The molecule has 0 unspecified atom stereocenters. The van der Waals surface area contributed by atoms with Crippen LogP contribution in [0.15, 0.2) is 111 Å². The Morgan fingerprint density at radius 2 is 1.06 bits per heavy atom. The minimum atomic E-state index is -3.80. The zero-order valence-electron chi connectivity index (χ0n) is 27.0. The minimum absolute atomic E-state index is 0.0340. The van der Waals surface area contributed by atoms with Crippen molar-refractivity contribution in [2.45, 2.75) is 22.6 Å². The SMILES string of the molecule is NS(=O)(=O)c1ccc2c(c1)OCCCO2.O=Cc1cc2ccccc2s1.O=S(=O)(N=Cc1cc2ccccc2s1)c1ccc2c(c1)OCCCO2. The van der Waals surface area contributed by atoms with Gasteiger partial charge in [0.2, 0.25) is 10.0 Å². The molecule has 11 nitrogen and oxygen atoms in total. The van der Waals surface area contributed by atoms with Gasteiger partial charge < -0.3 is 18.9 Å². The zero-order chi connectivity index (χ0) is 35.8. The summed E-state index contributed by atoms with van der Waals surface area (Å²) in [6.45, 7) is 2.15. The van der Waals surface area contributed by atoms with Crippen LogP contribution in [0.2, 0.25) is 0 Å². The van der Waals surface area contributed by atoms with E-state index >= 15 is 0 Å². The Morgan fingerprint density at radius 3 is 1.59 bits per heavy atom. The molecule has 0 bridgehead atoms. The number of aldehydes is 1. The number of fused-ring (bicyclic) bond motifs is 4. The van der Waals surface area contributed by atoms with Crippen LogP contribution in [0, 0.1) is 0 Å². The van der Waals surface area contributed by atoms with Crippen molar-refractivity contribution in [2.24, 2.45) is 9.54 Å². The summed E-state index contributed by atoms with van der Waals surface area (Å²) < 4.78 is 75.0. The Labute approximate surface area is 303 Å². The normalized spacial score (nSPS) is 14.1. The van der Waals surface area contributed by atoms with Crippen LogP contribution in [0.1, 0.15) is 27.4 Å². The molecule has 0 saturated heterocycles. The number of thiophene rings is 2. The lowest BCUT2D eigenvalue weighted by atomic mass is 10.2. The number of hydrogen-bond donors (Lipinski definition) is 1. The molecule has 0 spiro atoms. The molecule has 4 aromatic carbocycles. The largest absolute Gasteiger partial charge is 0.490 e. The zero-order valence-corrected chi connectivity index (χ0v) is 30.2. The predicted octanol–water partition coefficient (Wildman–Crippen LogP) is 7.08. The van der Waals surface area contributed by atoms with Gasteiger partial charge in [-0.3, -0.25) is 4.79 Å². The average Bonchev–Trinajstić information content (AvgIpc) is 3.57. The Balaban J connectivity index is 0.000000146. The highest BCUT2D eigenvalue weighted by Gasteiger charge is 2.18. The number of carbonyl (C=O) groups excluding carboxylic acids is 1. The van der Waals surface area contributed by atoms with Gasteiger partial charge in [0.25, 0.3) is 10.0 Å². The summed E-state index contributed by atoms with van der Waals surface area (Å²) in [6.07, 6.45) is 3.83. The van der Waals surface area contributed by atoms with Gasteiger partial charge in [-0.1, -0.05) is 36.4 Å². The quantitative estimate of drug-likeness (QED) is 0.143. The molecule has 0 aliphatic carbocycles. The van der Waals surface area contributed by atoms with Crippen LogP contribution < -0.4 is 24.1 Å². The fraction of sp³-hybridized carbons (Fsp3) is 0.167. The van der Waals surface area contributed by atoms with Crippen LogP contribution in [-0.2, 0) is 20.0 Å². The Hall–Kier alpha value is -4.80. The average molecular weight is 765 g/mol. The van der Waals surface area contributed by atoms with Crippen molar-refractivity contribution in [3.8, 4) is 23.0 Å². The maximum Gasteiger partial charge on any atom is 0.282 e. The van der Waals surface area contributed by atoms with E-state index in [0.29, 0.717) is 49.4 Å². The van der Waals surface area contributed by atoms with E-state index in [-0.39, 0.29) is 9.79 Å². The van der Waals surface area contributed by atoms with Crippen LogP contribution in [0.5, 0.6) is 23.0 Å². The van der Waals surface area contributed by atoms with Crippen LogP contribution in [0.3, 0.4) is 0 Å². The molecule has 4 heterocycles. The van der Waals surface area contributed by atoms with Gasteiger partial charge in [0.15, 0.2) is 29.3 Å². The maximum absolute atomic E-state index is 12.5. The maximum atomic E-state index is 12.5. The molecular formula is C36H32N2O9S4. The first kappa shape index (κ1) is 36.0. The number of ether oxygens (including phenoxy) is 4. The number of hydrogen-bond acceptors (Lipinski definition) is 11. The molecule has 2 N–H and O–H groups in total. The van der Waals surface area contributed by atoms with E-state index in [1.807, 2.05) is 60.7 Å². The second-order valence-corrected chi connectivity index (χ2v) is 16.5. The second-order valence-electron chi connectivity index (χ2n) is 11.1. The van der Waals surface area contributed by atoms with Crippen molar-refractivity contribution >= 4 is 75.4 Å². The van der Waals surface area contributed by atoms with E-state index in [4.69, 9.17) is 24.1 Å². The van der Waals surface area contributed by atoms with Gasteiger partial charge in [0.05, 0.1) is 47.3 Å². The Bertz CT molecular complexity index is 2350. The van der Waals surface area contributed by atoms with E-state index in [0.717, 1.165) is 44.4 Å². The summed E-state index contributed by atoms with van der Waals surface area (Å²) >= 11 is 3.03. The summed E-state index contributed by atoms with van der Waals surface area (Å²) in [5.41, 5.74) is 0. The van der Waals surface area contributed by atoms with Gasteiger partial charge in [0.1, 0.15) is 0 Å². The number of sulfonamides is 2. The monoisotopic (exact) mass is 764 g/mol. The number of benzene rings is 4. The molecule has 0 radical (unpaired) electrons. The van der Waals surface area contributed by atoms with E-state index in [9.17, 15) is 21.6 Å². The molecule has 0 amide bonds. The van der Waals surface area contributed by atoms with Gasteiger partial charge in [-0.2, -0.15) is 12.8 Å². The highest BCUT2D eigenvalue weighted by Crippen LogP contribution is 2.33. The molecule has 264 valence electrons. The van der Waals surface area contributed by atoms with E-state index in [1.165, 1.54) is 57.9 Å². The first-order chi connectivity index (χ1) is 24.6. The van der Waals surface area contributed by atoms with Crippen LogP contribution >= 0.6 is 22.7 Å². The smallest absolute Gasteiger partial charge is 0.282 e. The summed E-state index contributed by atoms with van der Waals surface area (Å²) in [5, 5.41) is 7.23. The fourth-order valence-corrected chi connectivity index (χ4v) is 8.22. The van der Waals surface area contributed by atoms with Crippen molar-refractivity contribution in [1.82, 2.24) is 0 Å². The number of primary sulfonamides is 1. The third-order valence-corrected chi connectivity index (χ3v) is 11.6. The van der Waals surface area contributed by atoms with E-state index < -0.39 is 20.0 Å². The highest BCUT2D eigenvalue weighted by molar-refractivity contribution is 7.90. The van der Waals surface area contributed by atoms with Crippen LogP contribution in [-0.4, -0.2) is 55.8 Å². The third kappa shape index (κ3) is 9.31. The van der Waals surface area contributed by atoms with Gasteiger partial charge in [0, 0.05) is 39.3 Å². The highest BCUT2D eigenvalue weighted by atomic mass is 32.2.